The van der Waals surface area contributed by atoms with Gasteiger partial charge in [0.1, 0.15) is 17.0 Å². The van der Waals surface area contributed by atoms with Gasteiger partial charge in [0.05, 0.1) is 24.3 Å². The van der Waals surface area contributed by atoms with E-state index in [1.54, 1.807) is 11.3 Å². The molecular weight excluding hydrogens is 424 g/mol. The van der Waals surface area contributed by atoms with Crippen LogP contribution in [0.1, 0.15) is 43.2 Å². The maximum absolute atomic E-state index is 12.4. The van der Waals surface area contributed by atoms with Gasteiger partial charge in [0, 0.05) is 13.0 Å². The van der Waals surface area contributed by atoms with Crippen LogP contribution in [0.2, 0.25) is 0 Å². The predicted octanol–water partition coefficient (Wildman–Crippen LogP) is 5.25. The van der Waals surface area contributed by atoms with Crippen LogP contribution in [-0.2, 0) is 22.5 Å². The summed E-state index contributed by atoms with van der Waals surface area (Å²) in [7, 11) is 1.47. The van der Waals surface area contributed by atoms with E-state index in [4.69, 9.17) is 13.9 Å². The van der Waals surface area contributed by atoms with Crippen LogP contribution in [0.4, 0.5) is 0 Å². The normalized spacial score (nSPS) is 19.1. The third-order valence-corrected chi connectivity index (χ3v) is 7.03. The number of hydrogen-bond donors (Lipinski definition) is 0. The van der Waals surface area contributed by atoms with Crippen molar-refractivity contribution in [2.75, 3.05) is 20.3 Å². The van der Waals surface area contributed by atoms with Crippen LogP contribution in [0.15, 0.2) is 46.2 Å². The first-order valence-corrected chi connectivity index (χ1v) is 11.9. The number of thiophene rings is 1. The fourth-order valence-electron chi connectivity index (χ4n) is 4.27. The molecule has 0 spiro atoms. The second kappa shape index (κ2) is 9.88. The van der Waals surface area contributed by atoms with Crippen molar-refractivity contribution < 1.29 is 18.7 Å². The van der Waals surface area contributed by atoms with Gasteiger partial charge in [-0.3, -0.25) is 9.69 Å². The third kappa shape index (κ3) is 4.89. The average Bonchev–Trinajstić information content (AvgIpc) is 3.45. The van der Waals surface area contributed by atoms with Crippen LogP contribution < -0.4 is 4.74 Å². The second-order valence-electron chi connectivity index (χ2n) is 8.39. The summed E-state index contributed by atoms with van der Waals surface area (Å²) in [4.78, 5) is 20.3. The number of piperidine rings is 1. The maximum Gasteiger partial charge on any atom is 0.325 e. The molecule has 0 saturated carbocycles. The number of oxazole rings is 1. The molecule has 6 nitrogen and oxygen atoms in total. The molecule has 1 fully saturated rings. The average molecular weight is 455 g/mol. The van der Waals surface area contributed by atoms with Gasteiger partial charge in [0.2, 0.25) is 5.89 Å². The molecule has 0 radical (unpaired) electrons. The van der Waals surface area contributed by atoms with Crippen LogP contribution in [0, 0.1) is 6.92 Å². The molecular formula is C25H30N2O4S. The molecule has 7 heteroatoms. The van der Waals surface area contributed by atoms with Crippen molar-refractivity contribution >= 4 is 17.3 Å². The molecule has 1 atom stereocenters. The molecule has 0 aliphatic carbocycles. The molecule has 32 heavy (non-hydrogen) atoms. The summed E-state index contributed by atoms with van der Waals surface area (Å²) in [5, 5.41) is 2.02. The van der Waals surface area contributed by atoms with Gasteiger partial charge in [-0.15, -0.1) is 11.3 Å². The van der Waals surface area contributed by atoms with E-state index >= 15 is 0 Å². The Labute approximate surface area is 193 Å². The molecule has 0 amide bonds. The number of benzene rings is 1. The van der Waals surface area contributed by atoms with E-state index in [1.807, 2.05) is 43.5 Å². The van der Waals surface area contributed by atoms with Gasteiger partial charge >= 0.3 is 5.97 Å². The zero-order valence-corrected chi connectivity index (χ0v) is 19.7. The number of esters is 1. The minimum atomic E-state index is -0.575. The fraction of sp³-hybridized carbons (Fsp3) is 0.440. The Hall–Kier alpha value is -2.64. The number of aryl methyl sites for hydroxylation is 1. The Bertz CT molecular complexity index is 1050. The van der Waals surface area contributed by atoms with Crippen LogP contribution in [0.5, 0.6) is 5.75 Å². The number of ether oxygens (including phenoxy) is 2. The minimum Gasteiger partial charge on any atom is -0.493 e. The van der Waals surface area contributed by atoms with Gasteiger partial charge in [-0.2, -0.15) is 0 Å². The summed E-state index contributed by atoms with van der Waals surface area (Å²) in [6.45, 7) is 6.02. The molecule has 2 aromatic heterocycles. The lowest BCUT2D eigenvalue weighted by Crippen LogP contribution is -2.55. The van der Waals surface area contributed by atoms with Crippen LogP contribution in [0.25, 0.3) is 10.8 Å². The Morgan fingerprint density at radius 2 is 2.16 bits per heavy atom. The summed E-state index contributed by atoms with van der Waals surface area (Å²) < 4.78 is 16.9. The SMILES string of the molecule is COC(=O)C1(C)CCCCN1Cc1cccc(OCCc2nc(-c3cccs3)oc2C)c1. The first-order chi connectivity index (χ1) is 15.5. The van der Waals surface area contributed by atoms with E-state index in [0.29, 0.717) is 25.5 Å². The molecule has 4 rings (SSSR count). The quantitative estimate of drug-likeness (QED) is 0.433. The highest BCUT2D eigenvalue weighted by Gasteiger charge is 2.42. The summed E-state index contributed by atoms with van der Waals surface area (Å²) in [5.74, 6) is 2.16. The van der Waals surface area contributed by atoms with Crippen molar-refractivity contribution in [3.63, 3.8) is 0 Å². The van der Waals surface area contributed by atoms with Crippen LogP contribution >= 0.6 is 11.3 Å². The molecule has 0 bridgehead atoms. The topological polar surface area (TPSA) is 64.8 Å². The molecule has 3 heterocycles. The van der Waals surface area contributed by atoms with Crippen molar-refractivity contribution in [1.82, 2.24) is 9.88 Å². The van der Waals surface area contributed by atoms with E-state index in [-0.39, 0.29) is 5.97 Å². The number of methoxy groups -OCH3 is 1. The third-order valence-electron chi connectivity index (χ3n) is 6.17. The molecule has 170 valence electrons. The predicted molar refractivity (Wildman–Crippen MR) is 125 cm³/mol. The summed E-state index contributed by atoms with van der Waals surface area (Å²) in [5.41, 5.74) is 1.47. The van der Waals surface area contributed by atoms with Gasteiger partial charge in [0.15, 0.2) is 0 Å². The maximum atomic E-state index is 12.4. The van der Waals surface area contributed by atoms with Crippen molar-refractivity contribution in [3.8, 4) is 16.5 Å². The molecule has 1 unspecified atom stereocenters. The number of likely N-dealkylation sites (tertiary alicyclic amines) is 1. The monoisotopic (exact) mass is 454 g/mol. The van der Waals surface area contributed by atoms with Crippen LogP contribution in [-0.4, -0.2) is 41.7 Å². The second-order valence-corrected chi connectivity index (χ2v) is 9.34. The number of aromatic nitrogens is 1. The smallest absolute Gasteiger partial charge is 0.325 e. The first-order valence-electron chi connectivity index (χ1n) is 11.0. The van der Waals surface area contributed by atoms with E-state index in [9.17, 15) is 4.79 Å². The molecule has 1 aromatic carbocycles. The van der Waals surface area contributed by atoms with Gasteiger partial charge in [-0.1, -0.05) is 18.2 Å². The first kappa shape index (κ1) is 22.6. The summed E-state index contributed by atoms with van der Waals surface area (Å²) >= 11 is 1.62. The van der Waals surface area contributed by atoms with Gasteiger partial charge in [0.25, 0.3) is 0 Å². The lowest BCUT2D eigenvalue weighted by Gasteiger charge is -2.42. The van der Waals surface area contributed by atoms with Crippen LogP contribution in [0.3, 0.4) is 0 Å². The molecule has 1 saturated heterocycles. The Balaban J connectivity index is 1.37. The lowest BCUT2D eigenvalue weighted by molar-refractivity contribution is -0.157. The Morgan fingerprint density at radius 3 is 2.94 bits per heavy atom. The van der Waals surface area contributed by atoms with Crippen molar-refractivity contribution in [2.45, 2.75) is 51.6 Å². The fourth-order valence-corrected chi connectivity index (χ4v) is 4.92. The van der Waals surface area contributed by atoms with Gasteiger partial charge in [-0.05, 0) is 68.8 Å². The van der Waals surface area contributed by atoms with E-state index in [0.717, 1.165) is 53.5 Å². The van der Waals surface area contributed by atoms with Gasteiger partial charge in [-0.25, -0.2) is 4.98 Å². The van der Waals surface area contributed by atoms with E-state index < -0.39 is 5.54 Å². The van der Waals surface area contributed by atoms with Crippen molar-refractivity contribution in [2.24, 2.45) is 0 Å². The minimum absolute atomic E-state index is 0.158. The highest BCUT2D eigenvalue weighted by molar-refractivity contribution is 7.13. The number of rotatable bonds is 8. The Kier molecular flexibility index (Phi) is 6.96. The zero-order valence-electron chi connectivity index (χ0n) is 18.9. The van der Waals surface area contributed by atoms with Crippen molar-refractivity contribution in [3.05, 3.63) is 58.8 Å². The number of hydrogen-bond acceptors (Lipinski definition) is 7. The zero-order chi connectivity index (χ0) is 22.6. The van der Waals surface area contributed by atoms with Crippen molar-refractivity contribution in [1.29, 1.82) is 0 Å². The number of carbonyl (C=O) groups is 1. The van der Waals surface area contributed by atoms with E-state index in [1.165, 1.54) is 7.11 Å². The number of nitrogens with zero attached hydrogens (tertiary/aromatic N) is 2. The molecule has 0 N–H and O–H groups in total. The van der Waals surface area contributed by atoms with E-state index in [2.05, 4.69) is 22.0 Å². The molecule has 3 aromatic rings. The summed E-state index contributed by atoms with van der Waals surface area (Å²) in [6.07, 6.45) is 3.63. The molecule has 1 aliphatic heterocycles. The number of carbonyl (C=O) groups excluding carboxylic acids is 1. The largest absolute Gasteiger partial charge is 0.493 e. The van der Waals surface area contributed by atoms with Gasteiger partial charge < -0.3 is 13.9 Å². The lowest BCUT2D eigenvalue weighted by atomic mass is 9.88. The standard InChI is InChI=1S/C25H30N2O4S/c1-18-21(26-23(31-18)22-10-7-15-32-22)11-14-30-20-9-6-8-19(16-20)17-27-13-5-4-12-25(27,2)24(28)29-3/h6-10,15-16H,4-5,11-14,17H2,1-3H3. The summed E-state index contributed by atoms with van der Waals surface area (Å²) in [6, 6.07) is 12.1. The Morgan fingerprint density at radius 1 is 1.28 bits per heavy atom. The highest BCUT2D eigenvalue weighted by Crippen LogP contribution is 2.31. The highest BCUT2D eigenvalue weighted by atomic mass is 32.1. The molecule has 1 aliphatic rings.